The second-order valence-electron chi connectivity index (χ2n) is 20.7. The van der Waals surface area contributed by atoms with Crippen molar-refractivity contribution in [3.63, 3.8) is 0 Å². The van der Waals surface area contributed by atoms with Gasteiger partial charge in [-0.15, -0.1) is 0 Å². The molecule has 0 aromatic rings. The first kappa shape index (κ1) is 66.1. The Morgan fingerprint density at radius 1 is 0.359 bits per heavy atom. The highest BCUT2D eigenvalue weighted by molar-refractivity contribution is 7.46. The highest BCUT2D eigenvalue weighted by Crippen LogP contribution is 2.39. The van der Waals surface area contributed by atoms with Crippen LogP contribution in [0.25, 0.3) is 0 Å². The molecule has 0 saturated carbocycles. The van der Waals surface area contributed by atoms with E-state index in [1.807, 2.05) is 56.1 Å². The number of hydrogen-bond donors (Lipinski definition) is 0. The summed E-state index contributed by atoms with van der Waals surface area (Å²) in [5, 5.41) is 0. The van der Waals surface area contributed by atoms with Gasteiger partial charge in [-0.05, 0) is 12.8 Å². The van der Waals surface area contributed by atoms with E-state index in [9.17, 15) is 18.9 Å². The maximum absolute atomic E-state index is 11.8. The lowest BCUT2D eigenvalue weighted by Gasteiger charge is -2.28. The molecule has 4 atom stereocenters. The predicted octanol–water partition coefficient (Wildman–Crippen LogP) is 12.7. The molecule has 0 rings (SSSR count). The molecule has 0 radical (unpaired) electrons. The summed E-state index contributed by atoms with van der Waals surface area (Å²) >= 11 is 0. The number of unbranched alkanes of at least 4 members (excludes halogenated alkanes) is 26. The van der Waals surface area contributed by atoms with Crippen molar-refractivity contribution < 1.29 is 55.5 Å². The molecule has 64 heavy (non-hydrogen) atoms. The summed E-state index contributed by atoms with van der Waals surface area (Å²) in [6.45, 7) is 12.6. The molecule has 0 aliphatic carbocycles. The van der Waals surface area contributed by atoms with Gasteiger partial charge in [-0.1, -0.05) is 195 Å². The van der Waals surface area contributed by atoms with E-state index in [-0.39, 0.29) is 38.3 Å². The Morgan fingerprint density at radius 3 is 0.828 bits per heavy atom. The molecule has 0 aromatic heterocycles. The van der Waals surface area contributed by atoms with Gasteiger partial charge in [-0.25, -0.2) is 0 Å². The number of hydrogen-bond acceptors (Lipinski definition) is 10. The molecular formula is C50H108N2O10P2. The molecule has 0 aliphatic rings. The lowest BCUT2D eigenvalue weighted by molar-refractivity contribution is -0.870. The van der Waals surface area contributed by atoms with Crippen LogP contribution in [0.15, 0.2) is 0 Å². The van der Waals surface area contributed by atoms with Gasteiger partial charge in [0.25, 0.3) is 15.6 Å². The first-order valence-corrected chi connectivity index (χ1v) is 29.2. The molecule has 0 N–H and O–H groups in total. The van der Waals surface area contributed by atoms with Gasteiger partial charge in [0.15, 0.2) is 0 Å². The Morgan fingerprint density at radius 2 is 0.594 bits per heavy atom. The third-order valence-electron chi connectivity index (χ3n) is 11.1. The Bertz CT molecular complexity index is 994. The van der Waals surface area contributed by atoms with E-state index in [4.69, 9.17) is 27.6 Å². The summed E-state index contributed by atoms with van der Waals surface area (Å²) in [4.78, 5) is 23.6. The van der Waals surface area contributed by atoms with Gasteiger partial charge in [0.2, 0.25) is 0 Å². The zero-order chi connectivity index (χ0) is 48.3. The van der Waals surface area contributed by atoms with Gasteiger partial charge >= 0.3 is 0 Å². The smallest absolute Gasteiger partial charge is 0.268 e. The van der Waals surface area contributed by atoms with Crippen LogP contribution in [0, 0.1) is 11.8 Å². The molecule has 0 amide bonds. The fourth-order valence-electron chi connectivity index (χ4n) is 6.83. The summed E-state index contributed by atoms with van der Waals surface area (Å²) < 4.78 is 56.0. The number of ether oxygens (including phenoxy) is 2. The first-order valence-electron chi connectivity index (χ1n) is 26.3. The predicted molar refractivity (Wildman–Crippen MR) is 265 cm³/mol. The second kappa shape index (κ2) is 44.3. The monoisotopic (exact) mass is 959 g/mol. The van der Waals surface area contributed by atoms with Crippen LogP contribution in [0.4, 0.5) is 0 Å². The minimum atomic E-state index is -4.22. The molecule has 0 heterocycles. The summed E-state index contributed by atoms with van der Waals surface area (Å²) in [6, 6.07) is 0. The largest absolute Gasteiger partial charge is 0.756 e. The van der Waals surface area contributed by atoms with Crippen LogP contribution in [0.1, 0.15) is 207 Å². The molecule has 0 aliphatic heterocycles. The second-order valence-corrected chi connectivity index (χ2v) is 23.6. The van der Waals surface area contributed by atoms with Crippen molar-refractivity contribution in [2.75, 3.05) is 108 Å². The molecule has 388 valence electrons. The maximum atomic E-state index is 11.8. The minimum Gasteiger partial charge on any atom is -0.756 e. The fourth-order valence-corrected chi connectivity index (χ4v) is 8.46. The average molecular weight is 959 g/mol. The van der Waals surface area contributed by atoms with Crippen molar-refractivity contribution >= 4 is 15.6 Å². The summed E-state index contributed by atoms with van der Waals surface area (Å²) in [5.74, 6) is 0.0387. The van der Waals surface area contributed by atoms with E-state index in [0.29, 0.717) is 35.3 Å². The number of nitrogens with zero attached hydrogens (tertiary/aromatic N) is 2. The van der Waals surface area contributed by atoms with Crippen LogP contribution in [-0.4, -0.2) is 117 Å². The highest BCUT2D eigenvalue weighted by Gasteiger charge is 2.16. The lowest BCUT2D eigenvalue weighted by atomic mass is 10.0. The van der Waals surface area contributed by atoms with Crippen LogP contribution in [-0.2, 0) is 36.7 Å². The molecule has 14 heteroatoms. The fraction of sp³-hybridized carbons (Fsp3) is 1.00. The number of quaternary nitrogens is 2. The number of rotatable bonds is 48. The van der Waals surface area contributed by atoms with Gasteiger partial charge in [-0.3, -0.25) is 9.13 Å². The zero-order valence-electron chi connectivity index (χ0n) is 43.9. The first-order chi connectivity index (χ1) is 30.3. The third kappa shape index (κ3) is 56.4. The average Bonchev–Trinajstić information content (AvgIpc) is 3.21. The number of likely N-dealkylation sites (N-methyl/N-ethyl adjacent to an activating group) is 2. The van der Waals surface area contributed by atoms with Gasteiger partial charge < -0.3 is 46.3 Å². The van der Waals surface area contributed by atoms with Crippen LogP contribution >= 0.6 is 15.6 Å². The molecule has 0 spiro atoms. The number of phosphoric acid groups is 2. The van der Waals surface area contributed by atoms with E-state index in [0.717, 1.165) is 26.1 Å². The van der Waals surface area contributed by atoms with Crippen molar-refractivity contribution in [1.82, 2.24) is 0 Å². The van der Waals surface area contributed by atoms with Crippen molar-refractivity contribution in [2.24, 2.45) is 11.8 Å². The molecule has 12 nitrogen and oxygen atoms in total. The van der Waals surface area contributed by atoms with Crippen molar-refractivity contribution in [2.45, 2.75) is 207 Å². The lowest BCUT2D eigenvalue weighted by Crippen LogP contribution is -2.37. The maximum Gasteiger partial charge on any atom is 0.268 e. The normalized spacial score (nSPS) is 15.1. The Kier molecular flexibility index (Phi) is 45.8. The molecule has 0 bridgehead atoms. The van der Waals surface area contributed by atoms with E-state index in [1.165, 1.54) is 167 Å². The summed E-state index contributed by atoms with van der Waals surface area (Å²) in [6.07, 6.45) is 37.7. The quantitative estimate of drug-likeness (QED) is 0.0329. The van der Waals surface area contributed by atoms with E-state index in [2.05, 4.69) is 13.8 Å². The van der Waals surface area contributed by atoms with E-state index in [1.54, 1.807) is 0 Å². The van der Waals surface area contributed by atoms with Gasteiger partial charge in [0, 0.05) is 25.0 Å². The van der Waals surface area contributed by atoms with Crippen LogP contribution in [0.5, 0.6) is 0 Å². The van der Waals surface area contributed by atoms with Gasteiger partial charge in [0.1, 0.15) is 26.3 Å². The topological polar surface area (TPSA) is 136 Å². The Hall–Kier alpha value is 0.0600. The standard InChI is InChI=1S/2C25H54NO5P/c2*1-6-7-8-9-10-11-12-13-14-15-16-17-18-19-21-29-23-25(2)24-31-32(27,28)30-22-20-26(3,4)5/h2*25H,6-24H2,1-5H3. The summed E-state index contributed by atoms with van der Waals surface area (Å²) in [5.41, 5.74) is 0. The van der Waals surface area contributed by atoms with E-state index >= 15 is 0 Å². The molecule has 0 fully saturated rings. The molecule has 0 aromatic carbocycles. The summed E-state index contributed by atoms with van der Waals surface area (Å²) in [7, 11) is 3.45. The minimum absolute atomic E-state index is 0.0194. The van der Waals surface area contributed by atoms with E-state index < -0.39 is 15.6 Å². The molecule has 4 unspecified atom stereocenters. The number of phosphoric ester groups is 2. The SMILES string of the molecule is CCCCCCCCCCCCCCCCOCC(C)COP(=O)([O-])OCC[N+](C)(C)C.CCCCCCCCCCCCCCCCOCC(C)COP(=O)([O-])OCC[N+](C)(C)C. The van der Waals surface area contributed by atoms with Gasteiger partial charge in [0.05, 0.1) is 68.7 Å². The molecule has 0 saturated heterocycles. The van der Waals surface area contributed by atoms with Crippen LogP contribution < -0.4 is 9.79 Å². The highest BCUT2D eigenvalue weighted by atomic mass is 31.2. The third-order valence-corrected chi connectivity index (χ3v) is 13.1. The van der Waals surface area contributed by atoms with Crippen molar-refractivity contribution in [1.29, 1.82) is 0 Å². The van der Waals surface area contributed by atoms with Crippen LogP contribution in [0.3, 0.4) is 0 Å². The molecular weight excluding hydrogens is 851 g/mol. The van der Waals surface area contributed by atoms with Crippen LogP contribution in [0.2, 0.25) is 0 Å². The van der Waals surface area contributed by atoms with Gasteiger partial charge in [-0.2, -0.15) is 0 Å². The van der Waals surface area contributed by atoms with Crippen molar-refractivity contribution in [3.05, 3.63) is 0 Å². The Balaban J connectivity index is 0. The zero-order valence-corrected chi connectivity index (χ0v) is 45.7. The Labute approximate surface area is 397 Å². The van der Waals surface area contributed by atoms with Crippen molar-refractivity contribution in [3.8, 4) is 0 Å².